The second kappa shape index (κ2) is 9.17. The molecule has 0 saturated heterocycles. The van der Waals surface area contributed by atoms with Crippen LogP contribution in [0.4, 0.5) is 10.1 Å². The zero-order valence-electron chi connectivity index (χ0n) is 17.0. The summed E-state index contributed by atoms with van der Waals surface area (Å²) in [4.78, 5) is 17.4. The van der Waals surface area contributed by atoms with Crippen LogP contribution < -0.4 is 4.90 Å². The highest BCUT2D eigenvalue weighted by Gasteiger charge is 2.13. The Kier molecular flexibility index (Phi) is 6.62. The van der Waals surface area contributed by atoms with Crippen molar-refractivity contribution in [1.82, 2.24) is 4.98 Å². The number of halogens is 1. The van der Waals surface area contributed by atoms with Crippen molar-refractivity contribution in [3.63, 3.8) is 0 Å². The lowest BCUT2D eigenvalue weighted by Crippen LogP contribution is -2.24. The summed E-state index contributed by atoms with van der Waals surface area (Å²) in [6.07, 6.45) is 2.00. The van der Waals surface area contributed by atoms with Crippen LogP contribution in [-0.2, 0) is 20.9 Å². The van der Waals surface area contributed by atoms with E-state index in [4.69, 9.17) is 4.78 Å². The molecule has 0 aliphatic heterocycles. The van der Waals surface area contributed by atoms with Gasteiger partial charge < -0.3 is 4.90 Å². The van der Waals surface area contributed by atoms with E-state index in [0.29, 0.717) is 16.9 Å². The van der Waals surface area contributed by atoms with Crippen LogP contribution in [0.15, 0.2) is 71.8 Å². The molecule has 1 N–H and O–H groups in total. The average molecular weight is 426 g/mol. The summed E-state index contributed by atoms with van der Waals surface area (Å²) in [5, 5.41) is 0. The molecule has 1 atom stereocenters. The first-order chi connectivity index (χ1) is 14.3. The molecule has 1 aromatic heterocycles. The lowest BCUT2D eigenvalue weighted by molar-refractivity contribution is -0.118. The Balaban J connectivity index is 1.72. The monoisotopic (exact) mass is 425 g/mol. The molecule has 0 aliphatic rings. The standard InChI is InChI=1S/C23H24FN3O2S/c1-3-22(28)27(2)20-10-6-17(7-11-20)18-8-12-21(13-9-18)30(25,29)16-14-19-5-4-15-26-23(19)24/h4-13,15,25H,3,14,16H2,1-2H3. The second-order valence-corrected chi connectivity index (χ2v) is 9.19. The van der Waals surface area contributed by atoms with Crippen LogP contribution in [-0.4, -0.2) is 27.9 Å². The van der Waals surface area contributed by atoms with E-state index < -0.39 is 15.7 Å². The molecule has 0 bridgehead atoms. The lowest BCUT2D eigenvalue weighted by Gasteiger charge is -2.17. The van der Waals surface area contributed by atoms with Gasteiger partial charge in [-0.1, -0.05) is 37.3 Å². The van der Waals surface area contributed by atoms with Gasteiger partial charge in [0.05, 0.1) is 9.73 Å². The van der Waals surface area contributed by atoms with Gasteiger partial charge >= 0.3 is 0 Å². The number of nitrogens with one attached hydrogen (secondary N) is 1. The van der Waals surface area contributed by atoms with Gasteiger partial charge in [0.1, 0.15) is 0 Å². The van der Waals surface area contributed by atoms with E-state index in [1.165, 1.54) is 6.20 Å². The third kappa shape index (κ3) is 4.91. The smallest absolute Gasteiger partial charge is 0.226 e. The van der Waals surface area contributed by atoms with Crippen molar-refractivity contribution in [2.75, 3.05) is 17.7 Å². The fraction of sp³-hybridized carbons (Fsp3) is 0.217. The number of carbonyl (C=O) groups is 1. The highest BCUT2D eigenvalue weighted by molar-refractivity contribution is 7.92. The van der Waals surface area contributed by atoms with Crippen LogP contribution >= 0.6 is 0 Å². The van der Waals surface area contributed by atoms with E-state index in [0.717, 1.165) is 16.8 Å². The Hall–Kier alpha value is -3.06. The van der Waals surface area contributed by atoms with Crippen molar-refractivity contribution in [2.45, 2.75) is 24.7 Å². The number of carbonyl (C=O) groups excluding carboxylic acids is 1. The van der Waals surface area contributed by atoms with Crippen molar-refractivity contribution in [3.05, 3.63) is 78.4 Å². The third-order valence-electron chi connectivity index (χ3n) is 4.99. The van der Waals surface area contributed by atoms with Crippen LogP contribution in [0.25, 0.3) is 11.1 Å². The maximum Gasteiger partial charge on any atom is 0.226 e. The number of nitrogens with zero attached hydrogens (tertiary/aromatic N) is 2. The van der Waals surface area contributed by atoms with Gasteiger partial charge in [-0.2, -0.15) is 4.39 Å². The molecule has 30 heavy (non-hydrogen) atoms. The highest BCUT2D eigenvalue weighted by atomic mass is 32.2. The van der Waals surface area contributed by atoms with Crippen molar-refractivity contribution in [1.29, 1.82) is 4.78 Å². The molecule has 1 heterocycles. The van der Waals surface area contributed by atoms with Crippen LogP contribution in [0.2, 0.25) is 0 Å². The lowest BCUT2D eigenvalue weighted by atomic mass is 10.1. The predicted octanol–water partition coefficient (Wildman–Crippen LogP) is 4.91. The molecule has 1 unspecified atom stereocenters. The van der Waals surface area contributed by atoms with Crippen molar-refractivity contribution in [2.24, 2.45) is 0 Å². The Morgan fingerprint density at radius 3 is 2.23 bits per heavy atom. The summed E-state index contributed by atoms with van der Waals surface area (Å²) in [6.45, 7) is 1.83. The number of aryl methyl sites for hydroxylation is 1. The maximum atomic E-state index is 13.7. The summed E-state index contributed by atoms with van der Waals surface area (Å²) >= 11 is 0. The van der Waals surface area contributed by atoms with Gasteiger partial charge in [-0.15, -0.1) is 0 Å². The first-order valence-corrected chi connectivity index (χ1v) is 11.4. The van der Waals surface area contributed by atoms with E-state index in [2.05, 4.69) is 4.98 Å². The molecular formula is C23H24FN3O2S. The number of aromatic nitrogens is 1. The third-order valence-corrected chi connectivity index (χ3v) is 6.81. The van der Waals surface area contributed by atoms with E-state index >= 15 is 0 Å². The number of rotatable bonds is 7. The van der Waals surface area contributed by atoms with E-state index in [1.807, 2.05) is 43.3 Å². The van der Waals surface area contributed by atoms with Gasteiger partial charge in [-0.05, 0) is 47.9 Å². The van der Waals surface area contributed by atoms with Gasteiger partial charge in [0.15, 0.2) is 0 Å². The van der Waals surface area contributed by atoms with Crippen LogP contribution in [0.3, 0.4) is 0 Å². The summed E-state index contributed by atoms with van der Waals surface area (Å²) < 4.78 is 34.7. The number of hydrogen-bond acceptors (Lipinski definition) is 4. The zero-order valence-corrected chi connectivity index (χ0v) is 17.8. The zero-order chi connectivity index (χ0) is 21.7. The summed E-state index contributed by atoms with van der Waals surface area (Å²) in [7, 11) is -1.30. The molecule has 0 fully saturated rings. The highest BCUT2D eigenvalue weighted by Crippen LogP contribution is 2.25. The average Bonchev–Trinajstić information content (AvgIpc) is 2.77. The predicted molar refractivity (Wildman–Crippen MR) is 117 cm³/mol. The first-order valence-electron chi connectivity index (χ1n) is 9.65. The molecule has 7 heteroatoms. The number of amides is 1. The molecule has 2 aromatic carbocycles. The molecule has 1 amide bonds. The van der Waals surface area contributed by atoms with Gasteiger partial charge in [0.25, 0.3) is 0 Å². The molecule has 5 nitrogen and oxygen atoms in total. The molecule has 3 aromatic rings. The number of benzene rings is 2. The Morgan fingerprint density at radius 2 is 1.67 bits per heavy atom. The van der Waals surface area contributed by atoms with E-state index in [-0.39, 0.29) is 18.1 Å². The van der Waals surface area contributed by atoms with Crippen molar-refractivity contribution < 1.29 is 13.4 Å². The summed E-state index contributed by atoms with van der Waals surface area (Å²) in [5.74, 6) is -0.511. The molecule has 0 saturated carbocycles. The van der Waals surface area contributed by atoms with Gasteiger partial charge in [0.2, 0.25) is 11.9 Å². The number of hydrogen-bond donors (Lipinski definition) is 1. The molecular weight excluding hydrogens is 401 g/mol. The van der Waals surface area contributed by atoms with Crippen LogP contribution in [0.1, 0.15) is 18.9 Å². The minimum Gasteiger partial charge on any atom is -0.316 e. The molecule has 156 valence electrons. The van der Waals surface area contributed by atoms with Gasteiger partial charge in [-0.25, -0.2) is 14.0 Å². The maximum absolute atomic E-state index is 13.7. The fourth-order valence-electron chi connectivity index (χ4n) is 3.10. The molecule has 3 rings (SSSR count). The molecule has 0 aliphatic carbocycles. The van der Waals surface area contributed by atoms with E-state index in [9.17, 15) is 13.4 Å². The Labute approximate surface area is 176 Å². The second-order valence-electron chi connectivity index (χ2n) is 6.96. The van der Waals surface area contributed by atoms with Crippen LogP contribution in [0.5, 0.6) is 0 Å². The Bertz CT molecular complexity index is 1130. The largest absolute Gasteiger partial charge is 0.316 e. The van der Waals surface area contributed by atoms with E-state index in [1.54, 1.807) is 36.2 Å². The minimum absolute atomic E-state index is 0.0292. The molecule has 0 spiro atoms. The SMILES string of the molecule is CCC(=O)N(C)c1ccc(-c2ccc(S(=N)(=O)CCc3cccnc3F)cc2)cc1. The first kappa shape index (κ1) is 21.6. The minimum atomic E-state index is -3.04. The number of anilines is 1. The summed E-state index contributed by atoms with van der Waals surface area (Å²) in [5.41, 5.74) is 3.06. The van der Waals surface area contributed by atoms with Crippen LogP contribution in [0, 0.1) is 10.7 Å². The number of pyridine rings is 1. The topological polar surface area (TPSA) is 74.1 Å². The normalized spacial score (nSPS) is 12.9. The van der Waals surface area contributed by atoms with Gasteiger partial charge in [-0.3, -0.25) is 4.79 Å². The van der Waals surface area contributed by atoms with Gasteiger partial charge in [0, 0.05) is 41.6 Å². The van der Waals surface area contributed by atoms with Crippen molar-refractivity contribution in [3.8, 4) is 11.1 Å². The fourth-order valence-corrected chi connectivity index (χ4v) is 4.42. The summed E-state index contributed by atoms with van der Waals surface area (Å²) in [6, 6.07) is 17.8. The van der Waals surface area contributed by atoms with Crippen molar-refractivity contribution >= 4 is 21.3 Å². The quantitative estimate of drug-likeness (QED) is 0.547. The Morgan fingerprint density at radius 1 is 1.07 bits per heavy atom. The molecule has 0 radical (unpaired) electrons.